The predicted octanol–water partition coefficient (Wildman–Crippen LogP) is 5.84. The molecule has 2 aliphatic heterocycles. The number of likely N-dealkylation sites (tertiary alicyclic amines) is 1. The first-order valence-electron chi connectivity index (χ1n) is 11.9. The van der Waals surface area contributed by atoms with Gasteiger partial charge in [-0.3, -0.25) is 9.69 Å². The largest absolute Gasteiger partial charge is 0.487 e. The number of alkyl halides is 6. The van der Waals surface area contributed by atoms with Crippen LogP contribution < -0.4 is 4.74 Å². The molecular formula is C26H27F6NO4. The molecule has 2 N–H and O–H groups in total. The van der Waals surface area contributed by atoms with Crippen LogP contribution in [0.4, 0.5) is 26.3 Å². The summed E-state index contributed by atoms with van der Waals surface area (Å²) >= 11 is 0. The molecule has 202 valence electrons. The van der Waals surface area contributed by atoms with Crippen LogP contribution in [0.5, 0.6) is 5.75 Å². The third kappa shape index (κ3) is 5.87. The van der Waals surface area contributed by atoms with Crippen LogP contribution in [0.3, 0.4) is 0 Å². The maximum Gasteiger partial charge on any atom is 0.416 e. The Balaban J connectivity index is 1.47. The zero-order chi connectivity index (χ0) is 27.2. The minimum absolute atomic E-state index is 0.269. The van der Waals surface area contributed by atoms with Crippen LogP contribution in [-0.4, -0.2) is 39.8 Å². The lowest BCUT2D eigenvalue weighted by molar-refractivity contribution is -0.145. The Morgan fingerprint density at radius 2 is 1.70 bits per heavy atom. The number of aliphatic carboxylic acids is 1. The van der Waals surface area contributed by atoms with Gasteiger partial charge in [0.05, 0.1) is 23.1 Å². The molecule has 0 radical (unpaired) electrons. The van der Waals surface area contributed by atoms with Crippen molar-refractivity contribution < 1.29 is 46.1 Å². The fraction of sp³-hybridized carbons (Fsp3) is 0.500. The number of carboxylic acid groups (broad SMARTS) is 1. The first kappa shape index (κ1) is 27.3. The number of hydrogen-bond acceptors (Lipinski definition) is 4. The number of fused-ring (bicyclic) bond motifs is 1. The molecule has 2 atom stereocenters. The Morgan fingerprint density at radius 3 is 2.30 bits per heavy atom. The SMILES string of the molecule is C[C@H](C(=O)O)[C@@H](O)c1ccc2c(c1)OC1(CC2)CCN(Cc2cc(C(F)(F)F)ccc2C(F)(F)F)CC1. The number of rotatable bonds is 5. The molecule has 1 fully saturated rings. The van der Waals surface area contributed by atoms with Crippen LogP contribution >= 0.6 is 0 Å². The van der Waals surface area contributed by atoms with Crippen molar-refractivity contribution in [3.63, 3.8) is 0 Å². The van der Waals surface area contributed by atoms with Gasteiger partial charge >= 0.3 is 18.3 Å². The van der Waals surface area contributed by atoms with Gasteiger partial charge in [-0.1, -0.05) is 12.1 Å². The van der Waals surface area contributed by atoms with Gasteiger partial charge in [0.15, 0.2) is 0 Å². The van der Waals surface area contributed by atoms with Crippen LogP contribution in [0.25, 0.3) is 0 Å². The van der Waals surface area contributed by atoms with Gasteiger partial charge in [-0.2, -0.15) is 26.3 Å². The van der Waals surface area contributed by atoms with E-state index in [0.717, 1.165) is 5.56 Å². The van der Waals surface area contributed by atoms with Crippen molar-refractivity contribution in [3.05, 3.63) is 64.2 Å². The standard InChI is InChI=1S/C26H27F6NO4/c1-15(23(35)36)22(34)17-3-2-16-6-7-24(37-21(16)13-17)8-10-33(11-9-24)14-18-12-19(25(27,28)29)4-5-20(18)26(30,31)32/h2-5,12-13,15,22,34H,6-11,14H2,1H3,(H,35,36)/t15-,22+/m0/s1. The maximum absolute atomic E-state index is 13.5. The van der Waals surface area contributed by atoms with Gasteiger partial charge in [0, 0.05) is 19.6 Å². The molecule has 1 spiro atoms. The summed E-state index contributed by atoms with van der Waals surface area (Å²) in [5.41, 5.74) is -1.89. The average molecular weight is 531 g/mol. The van der Waals surface area contributed by atoms with Gasteiger partial charge in [-0.25, -0.2) is 0 Å². The second-order valence-electron chi connectivity index (χ2n) is 9.87. The number of halogens is 6. The fourth-order valence-corrected chi connectivity index (χ4v) is 5.02. The van der Waals surface area contributed by atoms with E-state index in [0.29, 0.717) is 68.3 Å². The number of aliphatic hydroxyl groups excluding tert-OH is 1. The minimum Gasteiger partial charge on any atom is -0.487 e. The van der Waals surface area contributed by atoms with Crippen molar-refractivity contribution in [2.75, 3.05) is 13.1 Å². The van der Waals surface area contributed by atoms with Gasteiger partial charge in [-0.05, 0) is 73.6 Å². The average Bonchev–Trinajstić information content (AvgIpc) is 2.83. The topological polar surface area (TPSA) is 70.0 Å². The van der Waals surface area contributed by atoms with Crippen LogP contribution in [0.15, 0.2) is 36.4 Å². The van der Waals surface area contributed by atoms with Crippen molar-refractivity contribution in [1.29, 1.82) is 0 Å². The smallest absolute Gasteiger partial charge is 0.416 e. The van der Waals surface area contributed by atoms with Crippen molar-refractivity contribution >= 4 is 5.97 Å². The summed E-state index contributed by atoms with van der Waals surface area (Å²) in [6.45, 7) is 1.80. The van der Waals surface area contributed by atoms with E-state index >= 15 is 0 Å². The Bertz CT molecular complexity index is 1150. The van der Waals surface area contributed by atoms with E-state index in [2.05, 4.69) is 0 Å². The zero-order valence-corrected chi connectivity index (χ0v) is 20.0. The Hall–Kier alpha value is -2.79. The van der Waals surface area contributed by atoms with E-state index in [4.69, 9.17) is 4.74 Å². The minimum atomic E-state index is -4.77. The van der Waals surface area contributed by atoms with Crippen LogP contribution in [-0.2, 0) is 30.1 Å². The van der Waals surface area contributed by atoms with Crippen LogP contribution in [0, 0.1) is 5.92 Å². The zero-order valence-electron chi connectivity index (χ0n) is 20.0. The highest BCUT2D eigenvalue weighted by molar-refractivity contribution is 5.70. The molecule has 2 aliphatic rings. The van der Waals surface area contributed by atoms with Crippen molar-refractivity contribution in [1.82, 2.24) is 4.90 Å². The van der Waals surface area contributed by atoms with Crippen molar-refractivity contribution in [3.8, 4) is 5.75 Å². The first-order valence-corrected chi connectivity index (χ1v) is 11.9. The molecule has 0 saturated carbocycles. The number of nitrogens with zero attached hydrogens (tertiary/aromatic N) is 1. The Kier molecular flexibility index (Phi) is 7.24. The molecule has 11 heteroatoms. The lowest BCUT2D eigenvalue weighted by Gasteiger charge is -2.45. The summed E-state index contributed by atoms with van der Waals surface area (Å²) in [7, 11) is 0. The third-order valence-corrected chi connectivity index (χ3v) is 7.37. The molecule has 4 rings (SSSR count). The van der Waals surface area contributed by atoms with E-state index in [9.17, 15) is 41.4 Å². The molecule has 5 nitrogen and oxygen atoms in total. The molecule has 0 bridgehead atoms. The number of aryl methyl sites for hydroxylation is 1. The predicted molar refractivity (Wildman–Crippen MR) is 121 cm³/mol. The highest BCUT2D eigenvalue weighted by atomic mass is 19.4. The molecule has 0 aliphatic carbocycles. The van der Waals surface area contributed by atoms with Crippen molar-refractivity contribution in [2.24, 2.45) is 5.92 Å². The molecule has 2 aromatic carbocycles. The highest BCUT2D eigenvalue weighted by Gasteiger charge is 2.41. The number of ether oxygens (including phenoxy) is 1. The monoisotopic (exact) mass is 531 g/mol. The van der Waals surface area contributed by atoms with Crippen LogP contribution in [0.2, 0.25) is 0 Å². The number of aliphatic hydroxyl groups is 1. The van der Waals surface area contributed by atoms with Gasteiger partial charge in [0.1, 0.15) is 11.4 Å². The molecule has 0 amide bonds. The molecule has 0 aromatic heterocycles. The number of carboxylic acids is 1. The lowest BCUT2D eigenvalue weighted by Crippen LogP contribution is -2.49. The fourth-order valence-electron chi connectivity index (χ4n) is 5.02. The molecular weight excluding hydrogens is 504 g/mol. The molecule has 2 aromatic rings. The number of benzene rings is 2. The van der Waals surface area contributed by atoms with Crippen LogP contribution in [0.1, 0.15) is 60.1 Å². The van der Waals surface area contributed by atoms with E-state index < -0.39 is 52.6 Å². The summed E-state index contributed by atoms with van der Waals surface area (Å²) < 4.78 is 86.2. The van der Waals surface area contributed by atoms with Gasteiger partial charge in [0.25, 0.3) is 0 Å². The molecule has 37 heavy (non-hydrogen) atoms. The molecule has 0 unspecified atom stereocenters. The number of carbonyl (C=O) groups is 1. The van der Waals surface area contributed by atoms with E-state index in [1.165, 1.54) is 6.92 Å². The summed E-state index contributed by atoms with van der Waals surface area (Å²) in [5, 5.41) is 19.6. The van der Waals surface area contributed by atoms with Gasteiger partial charge in [0.2, 0.25) is 0 Å². The summed E-state index contributed by atoms with van der Waals surface area (Å²) in [6, 6.07) is 6.60. The van der Waals surface area contributed by atoms with Crippen molar-refractivity contribution in [2.45, 2.75) is 63.2 Å². The van der Waals surface area contributed by atoms with E-state index in [1.807, 2.05) is 0 Å². The second kappa shape index (κ2) is 9.83. The normalized spacial score (nSPS) is 19.7. The Morgan fingerprint density at radius 1 is 1.03 bits per heavy atom. The number of hydrogen-bond donors (Lipinski definition) is 2. The summed E-state index contributed by atoms with van der Waals surface area (Å²) in [4.78, 5) is 12.9. The summed E-state index contributed by atoms with van der Waals surface area (Å²) in [5.74, 6) is -1.62. The second-order valence-corrected chi connectivity index (χ2v) is 9.87. The first-order chi connectivity index (χ1) is 17.2. The van der Waals surface area contributed by atoms with Gasteiger partial charge < -0.3 is 14.9 Å². The van der Waals surface area contributed by atoms with Gasteiger partial charge in [-0.15, -0.1) is 0 Å². The maximum atomic E-state index is 13.5. The van der Waals surface area contributed by atoms with E-state index in [1.54, 1.807) is 23.1 Å². The Labute approximate surface area is 209 Å². The highest BCUT2D eigenvalue weighted by Crippen LogP contribution is 2.42. The quantitative estimate of drug-likeness (QED) is 0.475. The molecule has 1 saturated heterocycles. The summed E-state index contributed by atoms with van der Waals surface area (Å²) in [6.07, 6.45) is -8.47. The lowest BCUT2D eigenvalue weighted by atomic mass is 9.82. The molecule has 2 heterocycles. The number of piperidine rings is 1. The van der Waals surface area contributed by atoms with E-state index in [-0.39, 0.29) is 6.54 Å². The third-order valence-electron chi connectivity index (χ3n) is 7.37.